The van der Waals surface area contributed by atoms with Crippen molar-refractivity contribution in [2.45, 2.75) is 26.7 Å². The molecule has 1 aromatic rings. The average Bonchev–Trinajstić information content (AvgIpc) is 2.53. The average molecular weight is 450 g/mol. The van der Waals surface area contributed by atoms with Crippen LogP contribution >= 0.6 is 58.0 Å². The van der Waals surface area contributed by atoms with Crippen LogP contribution < -0.4 is 9.47 Å². The predicted molar refractivity (Wildman–Crippen MR) is 106 cm³/mol. The van der Waals surface area contributed by atoms with Crippen LogP contribution in [-0.4, -0.2) is 25.5 Å². The van der Waals surface area contributed by atoms with Gasteiger partial charge in [0.05, 0.1) is 17.3 Å². The lowest BCUT2D eigenvalue weighted by Gasteiger charge is -2.14. The van der Waals surface area contributed by atoms with Crippen molar-refractivity contribution in [2.75, 3.05) is 19.8 Å². The highest BCUT2D eigenvalue weighted by atomic mass is 35.5. The molecule has 0 N–H and O–H groups in total. The Morgan fingerprint density at radius 3 is 2.36 bits per heavy atom. The second-order valence-corrected chi connectivity index (χ2v) is 7.22. The van der Waals surface area contributed by atoms with Crippen molar-refractivity contribution in [3.8, 4) is 11.5 Å². The first-order valence-electron chi connectivity index (χ1n) is 7.40. The number of nitrogens with zero attached hydrogens (tertiary/aromatic N) is 1. The van der Waals surface area contributed by atoms with Crippen LogP contribution in [0.5, 0.6) is 11.5 Å². The minimum atomic E-state index is 0.0945. The molecule has 0 bridgehead atoms. The fourth-order valence-corrected chi connectivity index (χ4v) is 2.47. The van der Waals surface area contributed by atoms with Crippen molar-refractivity contribution in [1.82, 2.24) is 0 Å². The highest BCUT2D eigenvalue weighted by Gasteiger charge is 2.17. The zero-order valence-corrected chi connectivity index (χ0v) is 17.5. The van der Waals surface area contributed by atoms with Gasteiger partial charge in [-0.15, -0.1) is 0 Å². The quantitative estimate of drug-likeness (QED) is 0.169. The molecule has 1 aromatic carbocycles. The summed E-state index contributed by atoms with van der Waals surface area (Å²) in [5.41, 5.74) is 0.871. The maximum atomic E-state index is 6.21. The molecule has 0 aliphatic rings. The van der Waals surface area contributed by atoms with Crippen LogP contribution in [0.1, 0.15) is 26.7 Å². The van der Waals surface area contributed by atoms with Gasteiger partial charge < -0.3 is 14.3 Å². The standard InChI is InChI=1S/C16H18Cl5NO3/c1-10(2)22-25-7-4-3-6-24-16-11(17)9-12(14(20)15(16)21)23-8-5-13(18)19/h5,9H,3-4,6-8H2,1-2H3. The van der Waals surface area contributed by atoms with E-state index in [2.05, 4.69) is 5.16 Å². The molecular formula is C16H18Cl5NO3. The summed E-state index contributed by atoms with van der Waals surface area (Å²) in [5.74, 6) is 0.631. The van der Waals surface area contributed by atoms with Crippen molar-refractivity contribution < 1.29 is 14.3 Å². The molecule has 0 amide bonds. The van der Waals surface area contributed by atoms with Crippen molar-refractivity contribution in [3.63, 3.8) is 0 Å². The third-order valence-electron chi connectivity index (χ3n) is 2.68. The minimum Gasteiger partial charge on any atom is -0.490 e. The molecule has 0 atom stereocenters. The maximum Gasteiger partial charge on any atom is 0.158 e. The molecule has 4 nitrogen and oxygen atoms in total. The monoisotopic (exact) mass is 447 g/mol. The van der Waals surface area contributed by atoms with Crippen molar-refractivity contribution in [3.05, 3.63) is 31.7 Å². The molecule has 1 rings (SSSR count). The number of benzene rings is 1. The van der Waals surface area contributed by atoms with Crippen molar-refractivity contribution in [2.24, 2.45) is 5.16 Å². The molecule has 0 saturated heterocycles. The molecular weight excluding hydrogens is 431 g/mol. The summed E-state index contributed by atoms with van der Waals surface area (Å²) in [6.07, 6.45) is 3.00. The molecule has 0 aliphatic heterocycles. The molecule has 9 heteroatoms. The number of rotatable bonds is 10. The zero-order valence-electron chi connectivity index (χ0n) is 13.8. The van der Waals surface area contributed by atoms with Gasteiger partial charge in [-0.2, -0.15) is 0 Å². The Labute approximate surface area is 172 Å². The fourth-order valence-electron chi connectivity index (χ4n) is 1.61. The summed E-state index contributed by atoms with van der Waals surface area (Å²) in [5, 5.41) is 4.54. The van der Waals surface area contributed by atoms with Gasteiger partial charge in [-0.25, -0.2) is 0 Å². The van der Waals surface area contributed by atoms with Gasteiger partial charge in [0, 0.05) is 6.07 Å². The highest BCUT2D eigenvalue weighted by Crippen LogP contribution is 2.44. The van der Waals surface area contributed by atoms with E-state index in [9.17, 15) is 0 Å². The fraction of sp³-hybridized carbons (Fsp3) is 0.438. The molecule has 140 valence electrons. The molecule has 0 aliphatic carbocycles. The summed E-state index contributed by atoms with van der Waals surface area (Å²) < 4.78 is 11.1. The normalized spacial score (nSPS) is 10.2. The Morgan fingerprint density at radius 2 is 1.72 bits per heavy atom. The minimum absolute atomic E-state index is 0.0945. The lowest BCUT2D eigenvalue weighted by molar-refractivity contribution is 0.135. The number of unbranched alkanes of at least 4 members (excludes halogenated alkanes) is 1. The second-order valence-electron chi connectivity index (χ2n) is 5.05. The van der Waals surface area contributed by atoms with Crippen LogP contribution in [0.2, 0.25) is 15.1 Å². The van der Waals surface area contributed by atoms with Crippen LogP contribution in [0.15, 0.2) is 21.8 Å². The Balaban J connectivity index is 2.56. The van der Waals surface area contributed by atoms with Crippen molar-refractivity contribution in [1.29, 1.82) is 0 Å². The molecule has 0 radical (unpaired) electrons. The third kappa shape index (κ3) is 8.61. The van der Waals surface area contributed by atoms with E-state index in [1.807, 2.05) is 13.8 Å². The Hall–Kier alpha value is -0.520. The number of ether oxygens (including phenoxy) is 2. The predicted octanol–water partition coefficient (Wildman–Crippen LogP) is 6.92. The number of halogens is 5. The summed E-state index contributed by atoms with van der Waals surface area (Å²) in [6, 6.07) is 1.53. The SMILES string of the molecule is CC(C)=NOCCCCOc1c(Cl)cc(OCC=C(Cl)Cl)c(Cl)c1Cl. The highest BCUT2D eigenvalue weighted by molar-refractivity contribution is 6.55. The van der Waals surface area contributed by atoms with Crippen LogP contribution in [0.25, 0.3) is 0 Å². The van der Waals surface area contributed by atoms with Gasteiger partial charge in [-0.05, 0) is 32.8 Å². The molecule has 0 spiro atoms. The molecule has 25 heavy (non-hydrogen) atoms. The van der Waals surface area contributed by atoms with Crippen molar-refractivity contribution >= 4 is 63.7 Å². The summed E-state index contributed by atoms with van der Waals surface area (Å²) >= 11 is 29.6. The van der Waals surface area contributed by atoms with Gasteiger partial charge >= 0.3 is 0 Å². The first-order chi connectivity index (χ1) is 11.8. The van der Waals surface area contributed by atoms with E-state index in [0.717, 1.165) is 18.6 Å². The maximum absolute atomic E-state index is 6.21. The molecule has 0 unspecified atom stereocenters. The van der Waals surface area contributed by atoms with Crippen LogP contribution in [0, 0.1) is 0 Å². The van der Waals surface area contributed by atoms with E-state index in [4.69, 9.17) is 72.3 Å². The first-order valence-corrected chi connectivity index (χ1v) is 9.29. The topological polar surface area (TPSA) is 40.0 Å². The second kappa shape index (κ2) is 12.0. The summed E-state index contributed by atoms with van der Waals surface area (Å²) in [7, 11) is 0. The van der Waals surface area contributed by atoms with Crippen LogP contribution in [0.3, 0.4) is 0 Å². The van der Waals surface area contributed by atoms with E-state index >= 15 is 0 Å². The van der Waals surface area contributed by atoms with E-state index in [1.165, 1.54) is 12.1 Å². The van der Waals surface area contributed by atoms with Gasteiger partial charge in [-0.3, -0.25) is 0 Å². The number of oxime groups is 1. The van der Waals surface area contributed by atoms with Crippen LogP contribution in [-0.2, 0) is 4.84 Å². The van der Waals surface area contributed by atoms with Gasteiger partial charge in [0.15, 0.2) is 5.75 Å². The van der Waals surface area contributed by atoms with Crippen LogP contribution in [0.4, 0.5) is 0 Å². The Kier molecular flexibility index (Phi) is 10.8. The zero-order chi connectivity index (χ0) is 18.8. The van der Waals surface area contributed by atoms with E-state index in [1.54, 1.807) is 0 Å². The van der Waals surface area contributed by atoms with E-state index < -0.39 is 0 Å². The van der Waals surface area contributed by atoms with Gasteiger partial charge in [-0.1, -0.05) is 63.2 Å². The molecule has 0 aromatic heterocycles. The molecule has 0 fully saturated rings. The molecule has 0 heterocycles. The van der Waals surface area contributed by atoms with Gasteiger partial charge in [0.2, 0.25) is 0 Å². The Bertz CT molecular complexity index is 627. The smallest absolute Gasteiger partial charge is 0.158 e. The first kappa shape index (κ1) is 22.5. The largest absolute Gasteiger partial charge is 0.490 e. The van der Waals surface area contributed by atoms with Gasteiger partial charge in [0.1, 0.15) is 33.5 Å². The Morgan fingerprint density at radius 1 is 1.04 bits per heavy atom. The van der Waals surface area contributed by atoms with E-state index in [0.29, 0.717) is 29.7 Å². The summed E-state index contributed by atoms with van der Waals surface area (Å²) in [6.45, 7) is 4.79. The van der Waals surface area contributed by atoms with E-state index in [-0.39, 0.29) is 21.1 Å². The third-order valence-corrected chi connectivity index (χ3v) is 4.11. The molecule has 0 saturated carbocycles. The lowest BCUT2D eigenvalue weighted by atomic mass is 10.3. The number of hydrogen-bond donors (Lipinski definition) is 0. The summed E-state index contributed by atoms with van der Waals surface area (Å²) in [4.78, 5) is 5.10. The van der Waals surface area contributed by atoms with Gasteiger partial charge in [0.25, 0.3) is 0 Å². The number of hydrogen-bond acceptors (Lipinski definition) is 4. The lowest BCUT2D eigenvalue weighted by Crippen LogP contribution is -2.02.